The monoisotopic (exact) mass is 338 g/mol. The van der Waals surface area contributed by atoms with Gasteiger partial charge in [-0.25, -0.2) is 0 Å². The van der Waals surface area contributed by atoms with Crippen LogP contribution < -0.4 is 5.32 Å². The first-order valence-electron chi connectivity index (χ1n) is 6.46. The van der Waals surface area contributed by atoms with Crippen molar-refractivity contribution in [1.29, 1.82) is 0 Å². The zero-order valence-corrected chi connectivity index (χ0v) is 12.2. The molecule has 23 heavy (non-hydrogen) atoms. The second-order valence-electron chi connectivity index (χ2n) is 4.73. The van der Waals surface area contributed by atoms with E-state index in [9.17, 15) is 23.3 Å². The highest BCUT2D eigenvalue weighted by Gasteiger charge is 2.30. The fourth-order valence-corrected chi connectivity index (χ4v) is 3.26. The average Bonchev–Trinajstić information content (AvgIpc) is 2.84. The maximum Gasteiger partial charge on any atom is 0.416 e. The SMILES string of the molecule is O=[N+]([O-])c1c(Nc2ccc(C(F)(F)F)cc2)sc2ccccc12. The lowest BCUT2D eigenvalue weighted by Crippen LogP contribution is -2.04. The predicted octanol–water partition coefficient (Wildman–Crippen LogP) is 5.57. The molecule has 3 aromatic rings. The lowest BCUT2D eigenvalue weighted by Gasteiger charge is -2.08. The van der Waals surface area contributed by atoms with Crippen LogP contribution >= 0.6 is 11.3 Å². The number of thiophene rings is 1. The number of nitrogens with zero attached hydrogens (tertiary/aromatic N) is 1. The van der Waals surface area contributed by atoms with E-state index in [4.69, 9.17) is 0 Å². The van der Waals surface area contributed by atoms with Gasteiger partial charge in [-0.2, -0.15) is 13.2 Å². The summed E-state index contributed by atoms with van der Waals surface area (Å²) in [7, 11) is 0. The number of nitrogens with one attached hydrogen (secondary N) is 1. The second kappa shape index (κ2) is 5.54. The molecule has 3 rings (SSSR count). The van der Waals surface area contributed by atoms with Crippen LogP contribution in [0.2, 0.25) is 0 Å². The van der Waals surface area contributed by atoms with Gasteiger partial charge >= 0.3 is 11.9 Å². The molecule has 1 N–H and O–H groups in total. The Balaban J connectivity index is 1.98. The number of hydrogen-bond donors (Lipinski definition) is 1. The summed E-state index contributed by atoms with van der Waals surface area (Å²) in [4.78, 5) is 10.8. The molecule has 0 atom stereocenters. The summed E-state index contributed by atoms with van der Waals surface area (Å²) < 4.78 is 38.4. The van der Waals surface area contributed by atoms with Crippen molar-refractivity contribution in [3.8, 4) is 0 Å². The summed E-state index contributed by atoms with van der Waals surface area (Å²) in [6, 6.07) is 11.2. The lowest BCUT2D eigenvalue weighted by atomic mass is 10.2. The number of fused-ring (bicyclic) bond motifs is 1. The Hall–Kier alpha value is -2.61. The van der Waals surface area contributed by atoms with Crippen LogP contribution in [0.15, 0.2) is 48.5 Å². The summed E-state index contributed by atoms with van der Waals surface area (Å²) in [6.07, 6.45) is -4.41. The predicted molar refractivity (Wildman–Crippen MR) is 83.2 cm³/mol. The van der Waals surface area contributed by atoms with Crippen LogP contribution in [0.4, 0.5) is 29.5 Å². The van der Waals surface area contributed by atoms with Gasteiger partial charge < -0.3 is 5.32 Å². The highest BCUT2D eigenvalue weighted by Crippen LogP contribution is 2.43. The van der Waals surface area contributed by atoms with E-state index >= 15 is 0 Å². The van der Waals surface area contributed by atoms with Crippen molar-refractivity contribution in [2.45, 2.75) is 6.18 Å². The molecule has 0 radical (unpaired) electrons. The molecule has 8 heteroatoms. The summed E-state index contributed by atoms with van der Waals surface area (Å²) in [5, 5.41) is 14.9. The zero-order valence-electron chi connectivity index (χ0n) is 11.4. The number of halogens is 3. The van der Waals surface area contributed by atoms with Crippen molar-refractivity contribution in [2.75, 3.05) is 5.32 Å². The van der Waals surface area contributed by atoms with Gasteiger partial charge in [0.15, 0.2) is 5.00 Å². The number of benzene rings is 2. The molecule has 0 spiro atoms. The third-order valence-electron chi connectivity index (χ3n) is 3.22. The molecule has 2 aromatic carbocycles. The molecule has 0 saturated heterocycles. The van der Waals surface area contributed by atoms with Crippen molar-refractivity contribution < 1.29 is 18.1 Å². The van der Waals surface area contributed by atoms with E-state index in [2.05, 4.69) is 5.32 Å². The molecule has 0 aliphatic rings. The third-order valence-corrected chi connectivity index (χ3v) is 4.30. The maximum atomic E-state index is 12.5. The molecule has 0 unspecified atom stereocenters. The second-order valence-corrected chi connectivity index (χ2v) is 5.79. The first-order valence-corrected chi connectivity index (χ1v) is 7.28. The highest BCUT2D eigenvalue weighted by molar-refractivity contribution is 7.23. The minimum atomic E-state index is -4.41. The Morgan fingerprint density at radius 1 is 1.04 bits per heavy atom. The van der Waals surface area contributed by atoms with E-state index in [0.717, 1.165) is 16.8 Å². The molecule has 0 bridgehead atoms. The number of nitro groups is 1. The summed E-state index contributed by atoms with van der Waals surface area (Å²) >= 11 is 1.18. The Kier molecular flexibility index (Phi) is 3.69. The van der Waals surface area contributed by atoms with E-state index < -0.39 is 16.7 Å². The molecule has 0 saturated carbocycles. The molecule has 0 fully saturated rings. The van der Waals surface area contributed by atoms with Crippen LogP contribution in [0.25, 0.3) is 10.1 Å². The minimum Gasteiger partial charge on any atom is -0.341 e. The summed E-state index contributed by atoms with van der Waals surface area (Å²) in [6.45, 7) is 0. The Labute approximate surface area is 132 Å². The van der Waals surface area contributed by atoms with Crippen LogP contribution in [0.1, 0.15) is 5.56 Å². The van der Waals surface area contributed by atoms with Gasteiger partial charge in [0.25, 0.3) is 0 Å². The van der Waals surface area contributed by atoms with Crippen molar-refractivity contribution >= 4 is 37.8 Å². The molecular weight excluding hydrogens is 329 g/mol. The Morgan fingerprint density at radius 3 is 2.30 bits per heavy atom. The lowest BCUT2D eigenvalue weighted by molar-refractivity contribution is -0.381. The highest BCUT2D eigenvalue weighted by atomic mass is 32.1. The van der Waals surface area contributed by atoms with Gasteiger partial charge in [0.1, 0.15) is 0 Å². The molecule has 1 aromatic heterocycles. The maximum absolute atomic E-state index is 12.5. The molecule has 0 aliphatic carbocycles. The number of alkyl halides is 3. The topological polar surface area (TPSA) is 55.2 Å². The minimum absolute atomic E-state index is 0.0782. The number of rotatable bonds is 3. The normalized spacial score (nSPS) is 11.6. The fraction of sp³-hybridized carbons (Fsp3) is 0.0667. The largest absolute Gasteiger partial charge is 0.416 e. The standard InChI is InChI=1S/C15H9F3N2O2S/c16-15(17,18)9-5-7-10(8-6-9)19-14-13(20(21)22)11-3-1-2-4-12(11)23-14/h1-8,19H. The van der Waals surface area contributed by atoms with Gasteiger partial charge in [-0.1, -0.05) is 12.1 Å². The average molecular weight is 338 g/mol. The van der Waals surface area contributed by atoms with Crippen LogP contribution in [0, 0.1) is 10.1 Å². The zero-order chi connectivity index (χ0) is 16.6. The van der Waals surface area contributed by atoms with Crippen LogP contribution in [0.3, 0.4) is 0 Å². The van der Waals surface area contributed by atoms with Crippen molar-refractivity contribution in [2.24, 2.45) is 0 Å². The molecule has 118 valence electrons. The fourth-order valence-electron chi connectivity index (χ4n) is 2.17. The van der Waals surface area contributed by atoms with Gasteiger partial charge in [0.05, 0.1) is 15.9 Å². The molecule has 1 heterocycles. The van der Waals surface area contributed by atoms with E-state index in [1.165, 1.54) is 23.5 Å². The first kappa shape index (κ1) is 15.3. The quantitative estimate of drug-likeness (QED) is 0.501. The third kappa shape index (κ3) is 2.98. The van der Waals surface area contributed by atoms with E-state index in [1.807, 2.05) is 0 Å². The van der Waals surface area contributed by atoms with Crippen molar-refractivity contribution in [1.82, 2.24) is 0 Å². The van der Waals surface area contributed by atoms with E-state index in [0.29, 0.717) is 11.1 Å². The molecule has 0 amide bonds. The van der Waals surface area contributed by atoms with E-state index in [-0.39, 0.29) is 10.7 Å². The molecule has 0 aliphatic heterocycles. The van der Waals surface area contributed by atoms with Gasteiger partial charge in [0.2, 0.25) is 0 Å². The molecular formula is C15H9F3N2O2S. The van der Waals surface area contributed by atoms with Crippen LogP contribution in [-0.4, -0.2) is 4.92 Å². The number of hydrogen-bond acceptors (Lipinski definition) is 4. The summed E-state index contributed by atoms with van der Waals surface area (Å²) in [5.41, 5.74) is -0.493. The van der Waals surface area contributed by atoms with Crippen molar-refractivity contribution in [3.63, 3.8) is 0 Å². The molecule has 4 nitrogen and oxygen atoms in total. The van der Waals surface area contributed by atoms with E-state index in [1.54, 1.807) is 24.3 Å². The van der Waals surface area contributed by atoms with Crippen molar-refractivity contribution in [3.05, 3.63) is 64.2 Å². The summed E-state index contributed by atoms with van der Waals surface area (Å²) in [5.74, 6) is 0. The number of anilines is 2. The van der Waals surface area contributed by atoms with Crippen LogP contribution in [0.5, 0.6) is 0 Å². The smallest absolute Gasteiger partial charge is 0.341 e. The van der Waals surface area contributed by atoms with Gasteiger partial charge in [-0.15, -0.1) is 11.3 Å². The first-order chi connectivity index (χ1) is 10.9. The van der Waals surface area contributed by atoms with Crippen LogP contribution in [-0.2, 0) is 6.18 Å². The Morgan fingerprint density at radius 2 is 1.70 bits per heavy atom. The Bertz CT molecular complexity index is 873. The van der Waals surface area contributed by atoms with Gasteiger partial charge in [-0.3, -0.25) is 10.1 Å². The van der Waals surface area contributed by atoms with Gasteiger partial charge in [-0.05, 0) is 36.4 Å². The van der Waals surface area contributed by atoms with Gasteiger partial charge in [0, 0.05) is 10.4 Å².